The molecule has 8 aromatic rings. The van der Waals surface area contributed by atoms with Crippen molar-refractivity contribution in [1.29, 1.82) is 0 Å². The molecule has 1 saturated carbocycles. The number of nitrogens with two attached hydrogens (primary N) is 1. The summed E-state index contributed by atoms with van der Waals surface area (Å²) in [5.41, 5.74) is 14.5. The van der Waals surface area contributed by atoms with Crippen LogP contribution >= 0.6 is 22.7 Å². The second kappa shape index (κ2) is 12.9. The van der Waals surface area contributed by atoms with Gasteiger partial charge in [0.15, 0.2) is 17.9 Å². The van der Waals surface area contributed by atoms with E-state index in [-0.39, 0.29) is 6.17 Å². The van der Waals surface area contributed by atoms with E-state index in [4.69, 9.17) is 25.9 Å². The number of aromatic amines is 1. The van der Waals surface area contributed by atoms with Crippen LogP contribution in [0, 0.1) is 0 Å². The average molecular weight is 725 g/mol. The van der Waals surface area contributed by atoms with E-state index in [0.29, 0.717) is 17.8 Å². The summed E-state index contributed by atoms with van der Waals surface area (Å²) in [6, 6.07) is 22.2. The van der Waals surface area contributed by atoms with Gasteiger partial charge in [-0.15, -0.1) is 11.3 Å². The first-order valence-electron chi connectivity index (χ1n) is 17.8. The van der Waals surface area contributed by atoms with E-state index in [0.717, 1.165) is 62.0 Å². The fourth-order valence-corrected chi connectivity index (χ4v) is 9.51. The molecule has 1 aliphatic heterocycles. The quantitative estimate of drug-likeness (QED) is 0.163. The van der Waals surface area contributed by atoms with Crippen molar-refractivity contribution in [2.24, 2.45) is 10.7 Å². The van der Waals surface area contributed by atoms with Crippen LogP contribution in [0.5, 0.6) is 0 Å². The summed E-state index contributed by atoms with van der Waals surface area (Å²) in [7, 11) is 0. The van der Waals surface area contributed by atoms with Gasteiger partial charge in [-0.2, -0.15) is 15.3 Å². The predicted molar refractivity (Wildman–Crippen MR) is 206 cm³/mol. The van der Waals surface area contributed by atoms with Crippen LogP contribution in [0.25, 0.3) is 43.6 Å². The molecular weight excluding hydrogens is 689 g/mol. The van der Waals surface area contributed by atoms with Gasteiger partial charge in [0.1, 0.15) is 21.2 Å². The van der Waals surface area contributed by atoms with Crippen molar-refractivity contribution >= 4 is 50.4 Å². The number of aromatic nitrogens is 9. The molecule has 4 N–H and O–H groups in total. The molecule has 52 heavy (non-hydrogen) atoms. The largest absolute Gasteiger partial charge is 0.370 e. The number of para-hydroxylation sites is 3. The molecule has 0 amide bonds. The minimum absolute atomic E-state index is 0.340. The lowest BCUT2D eigenvalue weighted by Gasteiger charge is -2.23. The topological polar surface area (TPSA) is 145 Å². The third-order valence-corrected chi connectivity index (χ3v) is 12.2. The Hall–Kier alpha value is -5.60. The van der Waals surface area contributed by atoms with Crippen LogP contribution in [0.4, 0.5) is 5.95 Å². The summed E-state index contributed by atoms with van der Waals surface area (Å²) < 4.78 is 6.00. The molecule has 1 unspecified atom stereocenters. The van der Waals surface area contributed by atoms with Gasteiger partial charge in [0.25, 0.3) is 0 Å². The third kappa shape index (κ3) is 5.40. The number of rotatable bonds is 5. The van der Waals surface area contributed by atoms with Gasteiger partial charge in [0.05, 0.1) is 27.8 Å². The zero-order chi connectivity index (χ0) is 34.6. The number of guanidine groups is 1. The molecule has 1 atom stereocenters. The Balaban J connectivity index is 0.000000136. The monoisotopic (exact) mass is 724 g/mol. The second-order valence-electron chi connectivity index (χ2n) is 13.5. The first kappa shape index (κ1) is 31.2. The Labute approximate surface area is 307 Å². The van der Waals surface area contributed by atoms with Crippen LogP contribution in [0.2, 0.25) is 0 Å². The fraction of sp³-hybridized carbons (Fsp3) is 0.263. The van der Waals surface area contributed by atoms with Crippen molar-refractivity contribution in [3.05, 3.63) is 106 Å². The van der Waals surface area contributed by atoms with Crippen molar-refractivity contribution in [1.82, 2.24) is 44.1 Å². The van der Waals surface area contributed by atoms with Gasteiger partial charge in [0, 0.05) is 28.9 Å². The summed E-state index contributed by atoms with van der Waals surface area (Å²) in [5.74, 6) is 2.58. The summed E-state index contributed by atoms with van der Waals surface area (Å²) in [6.07, 6.45) is 13.7. The first-order valence-corrected chi connectivity index (χ1v) is 19.5. The Morgan fingerprint density at radius 1 is 0.865 bits per heavy atom. The highest BCUT2D eigenvalue weighted by Gasteiger charge is 2.30. The normalized spacial score (nSPS) is 17.1. The number of imidazole rings is 2. The summed E-state index contributed by atoms with van der Waals surface area (Å²) >= 11 is 3.46. The highest BCUT2D eigenvalue weighted by Crippen LogP contribution is 2.39. The Morgan fingerprint density at radius 3 is 2.60 bits per heavy atom. The van der Waals surface area contributed by atoms with Gasteiger partial charge in [0.2, 0.25) is 5.95 Å². The lowest BCUT2D eigenvalue weighted by Crippen LogP contribution is -2.31. The van der Waals surface area contributed by atoms with Crippen LogP contribution in [-0.4, -0.2) is 50.1 Å². The zero-order valence-corrected chi connectivity index (χ0v) is 29.9. The SMILES string of the molecule is NC1=NC(c2cn(-c3ccccc3)nc2-c2cccs2)n2c(nc3ccccc32)N1.c1nc(-c2n[nH]c3c2CCC3)n2nc(C3CCCCC3)sc12. The maximum atomic E-state index is 6.15. The second-order valence-corrected chi connectivity index (χ2v) is 15.5. The minimum Gasteiger partial charge on any atom is -0.370 e. The molecule has 12 nitrogen and oxygen atoms in total. The Morgan fingerprint density at radius 2 is 1.73 bits per heavy atom. The van der Waals surface area contributed by atoms with E-state index in [1.54, 1.807) is 22.7 Å². The number of nitrogens with zero attached hydrogens (tertiary/aromatic N) is 9. The van der Waals surface area contributed by atoms with Crippen molar-refractivity contribution < 1.29 is 0 Å². The lowest BCUT2D eigenvalue weighted by atomic mass is 9.90. The smallest absolute Gasteiger partial charge is 0.212 e. The van der Waals surface area contributed by atoms with E-state index in [1.807, 2.05) is 82.3 Å². The van der Waals surface area contributed by atoms with Crippen LogP contribution in [-0.2, 0) is 12.8 Å². The van der Waals surface area contributed by atoms with Crippen molar-refractivity contribution in [3.63, 3.8) is 0 Å². The van der Waals surface area contributed by atoms with Gasteiger partial charge >= 0.3 is 0 Å². The summed E-state index contributed by atoms with van der Waals surface area (Å²) in [6.45, 7) is 0. The van der Waals surface area contributed by atoms with Crippen molar-refractivity contribution in [2.75, 3.05) is 5.32 Å². The molecule has 3 aliphatic rings. The molecule has 0 bridgehead atoms. The van der Waals surface area contributed by atoms with Crippen LogP contribution in [0.3, 0.4) is 0 Å². The highest BCUT2D eigenvalue weighted by atomic mass is 32.1. The zero-order valence-electron chi connectivity index (χ0n) is 28.3. The summed E-state index contributed by atoms with van der Waals surface area (Å²) in [5, 5.41) is 23.9. The van der Waals surface area contributed by atoms with Crippen LogP contribution in [0.1, 0.15) is 72.4 Å². The lowest BCUT2D eigenvalue weighted by molar-refractivity contribution is 0.440. The minimum atomic E-state index is -0.372. The first-order chi connectivity index (χ1) is 25.7. The number of anilines is 1. The maximum absolute atomic E-state index is 6.15. The number of thiophene rings is 1. The standard InChI is InChI=1S/C22H17N7S.C16H19N5S/c23-21-25-20(29-17-10-5-4-9-16(17)24-22(29)26-21)15-13-28(14-7-2-1-3-8-14)27-19(15)18-11-6-12-30-18;1-2-5-10(6-3-1)16-20-21-13(22-16)9-17-15(21)14-11-7-4-8-12(11)18-19-14/h1-13,20H,(H3,23,24,25,26);9-10H,1-8H2,(H,18,19). The molecule has 11 rings (SSSR count). The van der Waals surface area contributed by atoms with Crippen molar-refractivity contribution in [3.8, 4) is 27.8 Å². The molecule has 2 aromatic carbocycles. The fourth-order valence-electron chi connectivity index (χ4n) is 7.72. The number of fused-ring (bicyclic) bond motifs is 5. The number of aryl methyl sites for hydroxylation is 1. The molecule has 0 spiro atoms. The van der Waals surface area contributed by atoms with Crippen LogP contribution in [0.15, 0.2) is 89.5 Å². The van der Waals surface area contributed by atoms with Gasteiger partial charge in [-0.3, -0.25) is 15.0 Å². The Bertz CT molecular complexity index is 2540. The number of hydrogen-bond acceptors (Lipinski definition) is 10. The predicted octanol–water partition coefficient (Wildman–Crippen LogP) is 7.95. The number of nitrogens with one attached hydrogen (secondary N) is 2. The van der Waals surface area contributed by atoms with Gasteiger partial charge in [-0.1, -0.05) is 67.0 Å². The number of aliphatic imine (C=N–C) groups is 1. The van der Waals surface area contributed by atoms with E-state index in [9.17, 15) is 0 Å². The number of H-pyrrole nitrogens is 1. The van der Waals surface area contributed by atoms with E-state index < -0.39 is 0 Å². The Kier molecular flexibility index (Phi) is 7.71. The van der Waals surface area contributed by atoms with E-state index in [1.165, 1.54) is 54.8 Å². The average Bonchev–Trinajstić information content (AvgIpc) is 4.02. The molecule has 0 saturated heterocycles. The van der Waals surface area contributed by atoms with E-state index >= 15 is 0 Å². The summed E-state index contributed by atoms with van der Waals surface area (Å²) in [4.78, 5) is 16.3. The number of hydrogen-bond donors (Lipinski definition) is 3. The molecular formula is C38H36N12S2. The van der Waals surface area contributed by atoms with Crippen molar-refractivity contribution in [2.45, 2.75) is 63.5 Å². The van der Waals surface area contributed by atoms with E-state index in [2.05, 4.69) is 36.5 Å². The molecule has 0 radical (unpaired) electrons. The molecule has 14 heteroatoms. The molecule has 2 aliphatic carbocycles. The molecule has 7 heterocycles. The third-order valence-electron chi connectivity index (χ3n) is 10.2. The van der Waals surface area contributed by atoms with Gasteiger partial charge in [-0.25, -0.2) is 24.2 Å². The highest BCUT2D eigenvalue weighted by molar-refractivity contribution is 7.17. The van der Waals surface area contributed by atoms with Gasteiger partial charge in [-0.05, 0) is 67.8 Å². The maximum Gasteiger partial charge on any atom is 0.212 e. The molecule has 1 fully saturated rings. The number of benzene rings is 2. The van der Waals surface area contributed by atoms with Crippen LogP contribution < -0.4 is 11.1 Å². The molecule has 6 aromatic heterocycles. The molecule has 260 valence electrons. The van der Waals surface area contributed by atoms with Gasteiger partial charge < -0.3 is 5.73 Å².